The van der Waals surface area contributed by atoms with E-state index in [1.165, 1.54) is 0 Å². The summed E-state index contributed by atoms with van der Waals surface area (Å²) in [6.45, 7) is 6.15. The summed E-state index contributed by atoms with van der Waals surface area (Å²) in [4.78, 5) is 2.04. The molecule has 0 aromatic carbocycles. The Morgan fingerprint density at radius 1 is 1.54 bits per heavy atom. The van der Waals surface area contributed by atoms with Crippen molar-refractivity contribution in [3.05, 3.63) is 0 Å². The monoisotopic (exact) mass is 189 g/mol. The first-order chi connectivity index (χ1) is 6.03. The fourth-order valence-electron chi connectivity index (χ4n) is 1.46. The molecule has 0 aromatic rings. The van der Waals surface area contributed by atoms with E-state index in [1.54, 1.807) is 0 Å². The highest BCUT2D eigenvalue weighted by Crippen LogP contribution is 2.22. The summed E-state index contributed by atoms with van der Waals surface area (Å²) in [7, 11) is 1.96. The molecule has 0 bridgehead atoms. The minimum Gasteiger partial charge on any atom is -0.395 e. The van der Waals surface area contributed by atoms with Gasteiger partial charge in [0, 0.05) is 13.1 Å². The van der Waals surface area contributed by atoms with Crippen LogP contribution in [0.25, 0.3) is 0 Å². The predicted octanol–water partition coefficient (Wildman–Crippen LogP) is 0.0620. The van der Waals surface area contributed by atoms with Crippen LogP contribution >= 0.6 is 0 Å². The number of hydrogen-bond acceptors (Lipinski definition) is 4. The Morgan fingerprint density at radius 2 is 2.23 bits per heavy atom. The van der Waals surface area contributed by atoms with Gasteiger partial charge in [0.2, 0.25) is 0 Å². The second-order valence-electron chi connectivity index (χ2n) is 3.94. The van der Waals surface area contributed by atoms with Crippen molar-refractivity contribution < 1.29 is 14.6 Å². The topological polar surface area (TPSA) is 41.9 Å². The molecule has 4 heteroatoms. The molecule has 1 atom stereocenters. The van der Waals surface area contributed by atoms with Crippen molar-refractivity contribution in [3.8, 4) is 0 Å². The lowest BCUT2D eigenvalue weighted by Crippen LogP contribution is -2.33. The Kier molecular flexibility index (Phi) is 3.67. The summed E-state index contributed by atoms with van der Waals surface area (Å²) in [5.74, 6) is -0.440. The maximum atomic E-state index is 8.70. The average molecular weight is 189 g/mol. The standard InChI is InChI=1S/C9H19NO3/c1-9(2)12-7-8(13-9)6-10(3)4-5-11/h8,11H,4-7H2,1-3H3. The first-order valence-electron chi connectivity index (χ1n) is 4.65. The van der Waals surface area contributed by atoms with Crippen LogP contribution in [-0.4, -0.2) is 55.2 Å². The van der Waals surface area contributed by atoms with Gasteiger partial charge in [0.15, 0.2) is 5.79 Å². The Morgan fingerprint density at radius 3 is 2.69 bits per heavy atom. The number of aliphatic hydroxyl groups is 1. The Labute approximate surface area is 79.4 Å². The van der Waals surface area contributed by atoms with E-state index in [4.69, 9.17) is 14.6 Å². The van der Waals surface area contributed by atoms with Crippen LogP contribution in [0.2, 0.25) is 0 Å². The van der Waals surface area contributed by atoms with Crippen LogP contribution in [0, 0.1) is 0 Å². The van der Waals surface area contributed by atoms with Crippen molar-refractivity contribution in [2.24, 2.45) is 0 Å². The van der Waals surface area contributed by atoms with Gasteiger partial charge >= 0.3 is 0 Å². The SMILES string of the molecule is CN(CCO)CC1COC(C)(C)O1. The third kappa shape index (κ3) is 3.60. The van der Waals surface area contributed by atoms with E-state index in [9.17, 15) is 0 Å². The van der Waals surface area contributed by atoms with Crippen LogP contribution in [0.4, 0.5) is 0 Å². The van der Waals surface area contributed by atoms with E-state index < -0.39 is 5.79 Å². The van der Waals surface area contributed by atoms with E-state index in [0.717, 1.165) is 6.54 Å². The van der Waals surface area contributed by atoms with Crippen LogP contribution < -0.4 is 0 Å². The number of likely N-dealkylation sites (N-methyl/N-ethyl adjacent to an activating group) is 1. The largest absolute Gasteiger partial charge is 0.395 e. The fraction of sp³-hybridized carbons (Fsp3) is 1.00. The zero-order valence-electron chi connectivity index (χ0n) is 8.62. The van der Waals surface area contributed by atoms with Gasteiger partial charge in [0.1, 0.15) is 0 Å². The van der Waals surface area contributed by atoms with Crippen molar-refractivity contribution in [1.29, 1.82) is 0 Å². The lowest BCUT2D eigenvalue weighted by atomic mass is 10.3. The van der Waals surface area contributed by atoms with E-state index in [-0.39, 0.29) is 12.7 Å². The lowest BCUT2D eigenvalue weighted by molar-refractivity contribution is -0.140. The molecule has 0 saturated carbocycles. The highest BCUT2D eigenvalue weighted by atomic mass is 16.7. The van der Waals surface area contributed by atoms with Gasteiger partial charge in [-0.2, -0.15) is 0 Å². The average Bonchev–Trinajstić information content (AvgIpc) is 2.30. The molecule has 1 saturated heterocycles. The first kappa shape index (κ1) is 10.9. The minimum absolute atomic E-state index is 0.131. The molecular weight excluding hydrogens is 170 g/mol. The molecule has 1 unspecified atom stereocenters. The number of rotatable bonds is 4. The first-order valence-corrected chi connectivity index (χ1v) is 4.65. The summed E-state index contributed by atoms with van der Waals surface area (Å²) in [6, 6.07) is 0. The molecule has 1 fully saturated rings. The normalized spacial score (nSPS) is 27.0. The molecule has 1 heterocycles. The smallest absolute Gasteiger partial charge is 0.163 e. The van der Waals surface area contributed by atoms with E-state index in [1.807, 2.05) is 25.8 Å². The van der Waals surface area contributed by atoms with Crippen LogP contribution in [0.5, 0.6) is 0 Å². The van der Waals surface area contributed by atoms with Crippen LogP contribution in [0.15, 0.2) is 0 Å². The zero-order chi connectivity index (χ0) is 9.90. The molecule has 13 heavy (non-hydrogen) atoms. The van der Waals surface area contributed by atoms with Gasteiger partial charge in [-0.1, -0.05) is 0 Å². The molecule has 1 N–H and O–H groups in total. The number of ether oxygens (including phenoxy) is 2. The van der Waals surface area contributed by atoms with Gasteiger partial charge in [-0.25, -0.2) is 0 Å². The molecule has 0 radical (unpaired) electrons. The summed E-state index contributed by atoms with van der Waals surface area (Å²) in [6.07, 6.45) is 0.131. The molecule has 0 aromatic heterocycles. The van der Waals surface area contributed by atoms with E-state index in [2.05, 4.69) is 0 Å². The fourth-order valence-corrected chi connectivity index (χ4v) is 1.46. The summed E-state index contributed by atoms with van der Waals surface area (Å²) >= 11 is 0. The maximum Gasteiger partial charge on any atom is 0.163 e. The quantitative estimate of drug-likeness (QED) is 0.679. The van der Waals surface area contributed by atoms with Gasteiger partial charge in [-0.15, -0.1) is 0 Å². The lowest BCUT2D eigenvalue weighted by Gasteiger charge is -2.21. The van der Waals surface area contributed by atoms with Gasteiger partial charge in [0.05, 0.1) is 19.3 Å². The molecule has 0 spiro atoms. The van der Waals surface area contributed by atoms with E-state index in [0.29, 0.717) is 13.2 Å². The van der Waals surface area contributed by atoms with Gasteiger partial charge < -0.3 is 19.5 Å². The molecule has 1 aliphatic rings. The number of nitrogens with zero attached hydrogens (tertiary/aromatic N) is 1. The zero-order valence-corrected chi connectivity index (χ0v) is 8.62. The minimum atomic E-state index is -0.440. The van der Waals surface area contributed by atoms with Crippen LogP contribution in [0.3, 0.4) is 0 Å². The summed E-state index contributed by atoms with van der Waals surface area (Å²) in [5.41, 5.74) is 0. The third-order valence-corrected chi connectivity index (χ3v) is 2.06. The molecule has 0 aliphatic carbocycles. The molecule has 1 rings (SSSR count). The Bertz CT molecular complexity index is 161. The number of hydrogen-bond donors (Lipinski definition) is 1. The molecule has 0 amide bonds. The maximum absolute atomic E-state index is 8.70. The van der Waals surface area contributed by atoms with Gasteiger partial charge in [0.25, 0.3) is 0 Å². The van der Waals surface area contributed by atoms with Crippen molar-refractivity contribution in [2.75, 3.05) is 33.4 Å². The van der Waals surface area contributed by atoms with Gasteiger partial charge in [-0.3, -0.25) is 0 Å². The highest BCUT2D eigenvalue weighted by Gasteiger charge is 2.32. The second kappa shape index (κ2) is 4.37. The highest BCUT2D eigenvalue weighted by molar-refractivity contribution is 4.73. The molecular formula is C9H19NO3. The van der Waals surface area contributed by atoms with Crippen LogP contribution in [-0.2, 0) is 9.47 Å². The third-order valence-electron chi connectivity index (χ3n) is 2.06. The molecule has 4 nitrogen and oxygen atoms in total. The van der Waals surface area contributed by atoms with Crippen LogP contribution in [0.1, 0.15) is 13.8 Å². The number of aliphatic hydroxyl groups excluding tert-OH is 1. The predicted molar refractivity (Wildman–Crippen MR) is 49.5 cm³/mol. The second-order valence-corrected chi connectivity index (χ2v) is 3.94. The van der Waals surface area contributed by atoms with E-state index >= 15 is 0 Å². The molecule has 1 aliphatic heterocycles. The molecule has 78 valence electrons. The summed E-state index contributed by atoms with van der Waals surface area (Å²) in [5, 5.41) is 8.70. The van der Waals surface area contributed by atoms with Crippen molar-refractivity contribution in [2.45, 2.75) is 25.7 Å². The Balaban J connectivity index is 2.24. The van der Waals surface area contributed by atoms with Crippen molar-refractivity contribution in [1.82, 2.24) is 4.90 Å². The van der Waals surface area contributed by atoms with Gasteiger partial charge in [-0.05, 0) is 20.9 Å². The summed E-state index contributed by atoms with van der Waals surface area (Å²) < 4.78 is 11.0. The van der Waals surface area contributed by atoms with Crippen molar-refractivity contribution >= 4 is 0 Å². The van der Waals surface area contributed by atoms with Crippen molar-refractivity contribution in [3.63, 3.8) is 0 Å². The Hall–Kier alpha value is -0.160.